The first-order chi connectivity index (χ1) is 11.9. The summed E-state index contributed by atoms with van der Waals surface area (Å²) in [5.74, 6) is -0.138. The molecular formula is C19H23N3O3. The second-order valence-corrected chi connectivity index (χ2v) is 5.97. The van der Waals surface area contributed by atoms with Gasteiger partial charge in [-0.05, 0) is 30.2 Å². The molecule has 2 rings (SSSR count). The van der Waals surface area contributed by atoms with E-state index in [1.165, 1.54) is 4.90 Å². The summed E-state index contributed by atoms with van der Waals surface area (Å²) < 4.78 is 0. The molecule has 0 aromatic heterocycles. The number of carbonyl (C=O) groups is 2. The molecule has 2 aromatic rings. The molecule has 0 fully saturated rings. The van der Waals surface area contributed by atoms with Crippen LogP contribution in [-0.4, -0.2) is 42.6 Å². The molecule has 0 spiro atoms. The van der Waals surface area contributed by atoms with Crippen molar-refractivity contribution in [3.8, 4) is 0 Å². The number of aryl methyl sites for hydroxylation is 1. The number of aliphatic hydroxyl groups is 1. The maximum Gasteiger partial charge on any atom is 0.319 e. The number of amides is 3. The molecule has 3 amide bonds. The summed E-state index contributed by atoms with van der Waals surface area (Å²) in [6, 6.07) is 13.4. The Morgan fingerprint density at radius 3 is 2.40 bits per heavy atom. The van der Waals surface area contributed by atoms with Crippen molar-refractivity contribution < 1.29 is 14.7 Å². The average Bonchev–Trinajstić information content (AvgIpc) is 2.61. The predicted molar refractivity (Wildman–Crippen MR) is 97.6 cm³/mol. The van der Waals surface area contributed by atoms with E-state index in [9.17, 15) is 14.7 Å². The Morgan fingerprint density at radius 1 is 1.12 bits per heavy atom. The van der Waals surface area contributed by atoms with Gasteiger partial charge in [-0.25, -0.2) is 4.79 Å². The van der Waals surface area contributed by atoms with Crippen LogP contribution in [0.4, 0.5) is 10.5 Å². The zero-order valence-corrected chi connectivity index (χ0v) is 14.6. The summed E-state index contributed by atoms with van der Waals surface area (Å²) >= 11 is 0. The minimum absolute atomic E-state index is 0.138. The van der Waals surface area contributed by atoms with Crippen molar-refractivity contribution in [2.24, 2.45) is 0 Å². The van der Waals surface area contributed by atoms with Gasteiger partial charge in [0.15, 0.2) is 0 Å². The molecule has 132 valence electrons. The summed E-state index contributed by atoms with van der Waals surface area (Å²) in [6.45, 7) is 1.63. The summed E-state index contributed by atoms with van der Waals surface area (Å²) in [7, 11) is 3.35. The molecule has 0 saturated heterocycles. The second-order valence-electron chi connectivity index (χ2n) is 5.97. The quantitative estimate of drug-likeness (QED) is 0.782. The van der Waals surface area contributed by atoms with E-state index in [-0.39, 0.29) is 12.5 Å². The van der Waals surface area contributed by atoms with Gasteiger partial charge < -0.3 is 20.6 Å². The first kappa shape index (κ1) is 18.5. The van der Waals surface area contributed by atoms with Crippen LogP contribution < -0.4 is 10.6 Å². The average molecular weight is 341 g/mol. The van der Waals surface area contributed by atoms with Crippen LogP contribution in [0.2, 0.25) is 0 Å². The van der Waals surface area contributed by atoms with Crippen molar-refractivity contribution in [2.45, 2.75) is 13.0 Å². The number of carbonyl (C=O) groups excluding carboxylic acids is 2. The van der Waals surface area contributed by atoms with E-state index in [0.717, 1.165) is 11.1 Å². The Bertz CT molecular complexity index is 745. The molecule has 0 radical (unpaired) electrons. The number of urea groups is 1. The predicted octanol–water partition coefficient (Wildman–Crippen LogP) is 2.55. The van der Waals surface area contributed by atoms with Gasteiger partial charge in [-0.3, -0.25) is 4.79 Å². The normalized spacial score (nSPS) is 11.5. The van der Waals surface area contributed by atoms with Crippen molar-refractivity contribution in [1.82, 2.24) is 10.2 Å². The highest BCUT2D eigenvalue weighted by atomic mass is 16.3. The van der Waals surface area contributed by atoms with Crippen molar-refractivity contribution in [3.05, 3.63) is 65.2 Å². The van der Waals surface area contributed by atoms with Gasteiger partial charge in [0.1, 0.15) is 0 Å². The zero-order valence-electron chi connectivity index (χ0n) is 14.6. The maximum absolute atomic E-state index is 12.3. The van der Waals surface area contributed by atoms with E-state index in [1.54, 1.807) is 32.3 Å². The van der Waals surface area contributed by atoms with Crippen LogP contribution in [0, 0.1) is 6.92 Å². The number of hydrogen-bond donors (Lipinski definition) is 3. The number of anilines is 1. The van der Waals surface area contributed by atoms with Crippen LogP contribution in [0.1, 0.15) is 27.5 Å². The van der Waals surface area contributed by atoms with E-state index in [1.807, 2.05) is 37.3 Å². The van der Waals surface area contributed by atoms with Crippen LogP contribution in [0.15, 0.2) is 48.5 Å². The lowest BCUT2D eigenvalue weighted by Crippen LogP contribution is -2.34. The Kier molecular flexibility index (Phi) is 6.14. The van der Waals surface area contributed by atoms with E-state index < -0.39 is 12.1 Å². The topological polar surface area (TPSA) is 81.7 Å². The lowest BCUT2D eigenvalue weighted by molar-refractivity contribution is 0.0827. The Hall–Kier alpha value is -2.86. The van der Waals surface area contributed by atoms with Gasteiger partial charge in [-0.15, -0.1) is 0 Å². The third-order valence-electron chi connectivity index (χ3n) is 3.83. The minimum atomic E-state index is -0.506. The van der Waals surface area contributed by atoms with Crippen LogP contribution in [0.5, 0.6) is 0 Å². The third kappa shape index (κ3) is 4.81. The van der Waals surface area contributed by atoms with Crippen LogP contribution in [-0.2, 0) is 0 Å². The van der Waals surface area contributed by atoms with Crippen LogP contribution in [0.3, 0.4) is 0 Å². The molecule has 0 heterocycles. The number of nitrogens with zero attached hydrogens (tertiary/aromatic N) is 1. The smallest absolute Gasteiger partial charge is 0.319 e. The van der Waals surface area contributed by atoms with E-state index in [2.05, 4.69) is 10.6 Å². The maximum atomic E-state index is 12.3. The molecule has 0 aliphatic rings. The van der Waals surface area contributed by atoms with Gasteiger partial charge in [-0.2, -0.15) is 0 Å². The van der Waals surface area contributed by atoms with E-state index >= 15 is 0 Å². The molecule has 6 nitrogen and oxygen atoms in total. The highest BCUT2D eigenvalue weighted by Gasteiger charge is 2.15. The molecule has 25 heavy (non-hydrogen) atoms. The lowest BCUT2D eigenvalue weighted by Gasteiger charge is -2.18. The van der Waals surface area contributed by atoms with Crippen LogP contribution in [0.25, 0.3) is 0 Å². The second kappa shape index (κ2) is 8.30. The number of hydrogen-bond acceptors (Lipinski definition) is 3. The molecule has 0 bridgehead atoms. The molecule has 3 N–H and O–H groups in total. The lowest BCUT2D eigenvalue weighted by atomic mass is 10.1. The molecular weight excluding hydrogens is 318 g/mol. The molecule has 0 aliphatic heterocycles. The van der Waals surface area contributed by atoms with Gasteiger partial charge >= 0.3 is 6.03 Å². The molecule has 0 unspecified atom stereocenters. The number of aliphatic hydroxyl groups excluding tert-OH is 1. The Labute approximate surface area is 147 Å². The van der Waals surface area contributed by atoms with Crippen molar-refractivity contribution in [3.63, 3.8) is 0 Å². The Balaban J connectivity index is 2.12. The van der Waals surface area contributed by atoms with E-state index in [0.29, 0.717) is 11.3 Å². The van der Waals surface area contributed by atoms with Gasteiger partial charge in [0.25, 0.3) is 5.91 Å². The van der Waals surface area contributed by atoms with Gasteiger partial charge in [0.05, 0.1) is 12.6 Å². The first-order valence-corrected chi connectivity index (χ1v) is 7.98. The fourth-order valence-electron chi connectivity index (χ4n) is 2.38. The molecule has 1 atom stereocenters. The highest BCUT2D eigenvalue weighted by Crippen LogP contribution is 2.18. The standard InChI is InChI=1S/C19H23N3O3/c1-13-9-10-15(18(24)22(2)3)11-16(13)20-19(25)21-17(12-23)14-7-5-4-6-8-14/h4-11,17,23H,12H2,1-3H3,(H2,20,21,25)/t17-/m1/s1. The highest BCUT2D eigenvalue weighted by molar-refractivity contribution is 5.97. The molecule has 6 heteroatoms. The third-order valence-corrected chi connectivity index (χ3v) is 3.83. The van der Waals surface area contributed by atoms with Crippen molar-refractivity contribution >= 4 is 17.6 Å². The largest absolute Gasteiger partial charge is 0.394 e. The van der Waals surface area contributed by atoms with E-state index in [4.69, 9.17) is 0 Å². The SMILES string of the molecule is Cc1ccc(C(=O)N(C)C)cc1NC(=O)N[C@H](CO)c1ccccc1. The first-order valence-electron chi connectivity index (χ1n) is 7.98. The van der Waals surface area contributed by atoms with Gasteiger partial charge in [-0.1, -0.05) is 36.4 Å². The van der Waals surface area contributed by atoms with Gasteiger partial charge in [0.2, 0.25) is 0 Å². The summed E-state index contributed by atoms with van der Waals surface area (Å²) in [5.41, 5.74) is 2.70. The molecule has 0 aliphatic carbocycles. The summed E-state index contributed by atoms with van der Waals surface area (Å²) in [6.07, 6.45) is 0. The fraction of sp³-hybridized carbons (Fsp3) is 0.263. The van der Waals surface area contributed by atoms with Crippen molar-refractivity contribution in [2.75, 3.05) is 26.0 Å². The molecule has 0 saturated carbocycles. The summed E-state index contributed by atoms with van der Waals surface area (Å²) in [4.78, 5) is 25.8. The number of nitrogens with one attached hydrogen (secondary N) is 2. The number of rotatable bonds is 5. The Morgan fingerprint density at radius 2 is 1.80 bits per heavy atom. The number of benzene rings is 2. The van der Waals surface area contributed by atoms with Crippen LogP contribution >= 0.6 is 0 Å². The monoisotopic (exact) mass is 341 g/mol. The molecule has 2 aromatic carbocycles. The summed E-state index contributed by atoms with van der Waals surface area (Å²) in [5, 5.41) is 15.0. The minimum Gasteiger partial charge on any atom is -0.394 e. The van der Waals surface area contributed by atoms with Crippen molar-refractivity contribution in [1.29, 1.82) is 0 Å². The van der Waals surface area contributed by atoms with Gasteiger partial charge in [0, 0.05) is 25.3 Å². The fourth-order valence-corrected chi connectivity index (χ4v) is 2.38. The zero-order chi connectivity index (χ0) is 18.4.